The number of halogens is 2. The Bertz CT molecular complexity index is 1110. The lowest BCUT2D eigenvalue weighted by Crippen LogP contribution is -2.27. The number of aliphatic carboxylic acids is 1. The number of hydrogen-bond donors (Lipinski definition) is 2. The van der Waals surface area contributed by atoms with E-state index in [-0.39, 0.29) is 11.3 Å². The van der Waals surface area contributed by atoms with Crippen LogP contribution in [0, 0.1) is 12.7 Å². The first kappa shape index (κ1) is 21.1. The van der Waals surface area contributed by atoms with Gasteiger partial charge in [0, 0.05) is 0 Å². The zero-order chi connectivity index (χ0) is 21.7. The first-order valence-electron chi connectivity index (χ1n) is 8.89. The van der Waals surface area contributed by atoms with Crippen molar-refractivity contribution in [2.75, 3.05) is 0 Å². The van der Waals surface area contributed by atoms with Crippen LogP contribution < -0.4 is 10.1 Å². The molecule has 7 heteroatoms. The van der Waals surface area contributed by atoms with E-state index in [1.54, 1.807) is 30.3 Å². The maximum absolute atomic E-state index is 13.7. The van der Waals surface area contributed by atoms with Crippen LogP contribution in [0.1, 0.15) is 21.5 Å². The number of benzene rings is 3. The Balaban J connectivity index is 1.79. The van der Waals surface area contributed by atoms with Crippen molar-refractivity contribution in [3.63, 3.8) is 0 Å². The monoisotopic (exact) mass is 425 g/mol. The van der Waals surface area contributed by atoms with Crippen molar-refractivity contribution in [1.29, 1.82) is 0 Å². The number of carbonyl (C=O) groups is 2. The van der Waals surface area contributed by atoms with Gasteiger partial charge >= 0.3 is 5.97 Å². The third-order valence-corrected chi connectivity index (χ3v) is 4.47. The van der Waals surface area contributed by atoms with E-state index < -0.39 is 17.7 Å². The molecule has 0 aliphatic heterocycles. The van der Waals surface area contributed by atoms with Gasteiger partial charge in [0.15, 0.2) is 0 Å². The molecule has 30 heavy (non-hydrogen) atoms. The molecule has 152 valence electrons. The van der Waals surface area contributed by atoms with E-state index >= 15 is 0 Å². The molecule has 0 aromatic heterocycles. The van der Waals surface area contributed by atoms with E-state index in [1.165, 1.54) is 24.3 Å². The average molecular weight is 426 g/mol. The Labute approximate surface area is 177 Å². The molecule has 0 spiro atoms. The van der Waals surface area contributed by atoms with E-state index in [9.17, 15) is 19.1 Å². The Morgan fingerprint density at radius 2 is 1.73 bits per heavy atom. The fraction of sp³-hybridized carbons (Fsp3) is 0.0435. The van der Waals surface area contributed by atoms with E-state index in [1.807, 2.05) is 19.1 Å². The number of para-hydroxylation sites is 1. The highest BCUT2D eigenvalue weighted by molar-refractivity contribution is 6.32. The lowest BCUT2D eigenvalue weighted by atomic mass is 10.1. The second-order valence-corrected chi connectivity index (χ2v) is 6.76. The van der Waals surface area contributed by atoms with Gasteiger partial charge in [-0.2, -0.15) is 0 Å². The number of amides is 1. The van der Waals surface area contributed by atoms with Gasteiger partial charge in [-0.3, -0.25) is 4.79 Å². The van der Waals surface area contributed by atoms with Crippen LogP contribution in [0.15, 0.2) is 72.4 Å². The number of rotatable bonds is 6. The van der Waals surface area contributed by atoms with Crippen LogP contribution in [-0.2, 0) is 4.79 Å². The summed E-state index contributed by atoms with van der Waals surface area (Å²) < 4.78 is 19.6. The lowest BCUT2D eigenvalue weighted by molar-refractivity contribution is -0.132. The molecule has 0 bridgehead atoms. The zero-order valence-corrected chi connectivity index (χ0v) is 16.6. The van der Waals surface area contributed by atoms with Crippen LogP contribution >= 0.6 is 11.6 Å². The largest absolute Gasteiger partial charge is 0.477 e. The number of carboxylic acid groups (broad SMARTS) is 1. The molecule has 0 aliphatic rings. The molecule has 0 heterocycles. The van der Waals surface area contributed by atoms with Crippen LogP contribution in [-0.4, -0.2) is 17.0 Å². The topological polar surface area (TPSA) is 75.6 Å². The molecule has 0 saturated carbocycles. The van der Waals surface area contributed by atoms with Crippen molar-refractivity contribution in [2.45, 2.75) is 6.92 Å². The van der Waals surface area contributed by atoms with Crippen LogP contribution in [0.4, 0.5) is 4.39 Å². The van der Waals surface area contributed by atoms with Crippen LogP contribution in [0.2, 0.25) is 5.02 Å². The molecule has 5 nitrogen and oxygen atoms in total. The number of ether oxygens (including phenoxy) is 1. The Morgan fingerprint density at radius 3 is 2.37 bits per heavy atom. The molecule has 0 atom stereocenters. The molecule has 1 amide bonds. The number of hydrogen-bond acceptors (Lipinski definition) is 3. The fourth-order valence-electron chi connectivity index (χ4n) is 2.65. The highest BCUT2D eigenvalue weighted by Gasteiger charge is 2.16. The minimum atomic E-state index is -1.35. The van der Waals surface area contributed by atoms with Gasteiger partial charge in [-0.05, 0) is 54.5 Å². The fourth-order valence-corrected chi connectivity index (χ4v) is 2.91. The minimum absolute atomic E-state index is 0.247. The summed E-state index contributed by atoms with van der Waals surface area (Å²) in [5.74, 6) is -1.90. The second kappa shape index (κ2) is 9.24. The van der Waals surface area contributed by atoms with Gasteiger partial charge in [0.05, 0.1) is 10.6 Å². The summed E-state index contributed by atoms with van der Waals surface area (Å²) in [5, 5.41) is 12.1. The predicted octanol–water partition coefficient (Wildman–Crippen LogP) is 5.44. The molecule has 3 aromatic rings. The van der Waals surface area contributed by atoms with Gasteiger partial charge in [0.2, 0.25) is 0 Å². The van der Waals surface area contributed by atoms with Crippen molar-refractivity contribution in [3.8, 4) is 11.5 Å². The molecular weight excluding hydrogens is 409 g/mol. The van der Waals surface area contributed by atoms with Crippen molar-refractivity contribution < 1.29 is 23.8 Å². The Hall–Kier alpha value is -3.64. The second-order valence-electron chi connectivity index (χ2n) is 6.35. The SMILES string of the molecule is Cc1cccc(Cl)c1Oc1ccc(/C=C(/NC(=O)c2ccccc2F)C(=O)O)cc1. The maximum Gasteiger partial charge on any atom is 0.352 e. The summed E-state index contributed by atoms with van der Waals surface area (Å²) in [7, 11) is 0. The summed E-state index contributed by atoms with van der Waals surface area (Å²) in [6.07, 6.45) is 1.27. The van der Waals surface area contributed by atoms with Gasteiger partial charge in [-0.1, -0.05) is 48.0 Å². The van der Waals surface area contributed by atoms with Crippen LogP contribution in [0.3, 0.4) is 0 Å². The highest BCUT2D eigenvalue weighted by Crippen LogP contribution is 2.32. The molecule has 0 radical (unpaired) electrons. The number of aryl methyl sites for hydroxylation is 1. The first-order chi connectivity index (χ1) is 14.3. The third-order valence-electron chi connectivity index (χ3n) is 4.17. The molecule has 3 aromatic carbocycles. The van der Waals surface area contributed by atoms with Crippen molar-refractivity contribution in [1.82, 2.24) is 5.32 Å². The van der Waals surface area contributed by atoms with E-state index in [0.717, 1.165) is 11.6 Å². The van der Waals surface area contributed by atoms with Gasteiger partial charge in [-0.15, -0.1) is 0 Å². The van der Waals surface area contributed by atoms with Gasteiger partial charge in [0.25, 0.3) is 5.91 Å². The molecule has 2 N–H and O–H groups in total. The van der Waals surface area contributed by atoms with E-state index in [4.69, 9.17) is 16.3 Å². The molecule has 0 unspecified atom stereocenters. The smallest absolute Gasteiger partial charge is 0.352 e. The third kappa shape index (κ3) is 5.04. The standard InChI is InChI=1S/C23H17ClFNO4/c1-14-5-4-7-18(24)21(14)30-16-11-9-15(10-12-16)13-20(23(28)29)26-22(27)17-6-2-3-8-19(17)25/h2-13H,1H3,(H,26,27)(H,28,29)/b20-13+. The number of carboxylic acids is 1. The number of nitrogens with one attached hydrogen (secondary N) is 1. The maximum atomic E-state index is 13.7. The van der Waals surface area contributed by atoms with E-state index in [2.05, 4.69) is 5.32 Å². The van der Waals surface area contributed by atoms with Gasteiger partial charge < -0.3 is 15.2 Å². The molecular formula is C23H17ClFNO4. The summed E-state index contributed by atoms with van der Waals surface area (Å²) in [6.45, 7) is 1.87. The highest BCUT2D eigenvalue weighted by atomic mass is 35.5. The summed E-state index contributed by atoms with van der Waals surface area (Å²) >= 11 is 6.16. The van der Waals surface area contributed by atoms with Crippen molar-refractivity contribution in [2.24, 2.45) is 0 Å². The van der Waals surface area contributed by atoms with Crippen molar-refractivity contribution >= 4 is 29.6 Å². The quantitative estimate of drug-likeness (QED) is 0.516. The summed E-state index contributed by atoms with van der Waals surface area (Å²) in [5.41, 5.74) is 0.738. The van der Waals surface area contributed by atoms with Crippen molar-refractivity contribution in [3.05, 3.63) is 100.0 Å². The number of carbonyl (C=O) groups excluding carboxylic acids is 1. The van der Waals surface area contributed by atoms with Gasteiger partial charge in [-0.25, -0.2) is 9.18 Å². The Kier molecular flexibility index (Phi) is 6.49. The lowest BCUT2D eigenvalue weighted by Gasteiger charge is -2.11. The van der Waals surface area contributed by atoms with E-state index in [0.29, 0.717) is 22.1 Å². The molecule has 0 aliphatic carbocycles. The first-order valence-corrected chi connectivity index (χ1v) is 9.27. The van der Waals surface area contributed by atoms with Crippen LogP contribution in [0.25, 0.3) is 6.08 Å². The molecule has 3 rings (SSSR count). The predicted molar refractivity (Wildman–Crippen MR) is 112 cm³/mol. The minimum Gasteiger partial charge on any atom is -0.477 e. The molecule has 0 saturated heterocycles. The van der Waals surface area contributed by atoms with Crippen LogP contribution in [0.5, 0.6) is 11.5 Å². The summed E-state index contributed by atoms with van der Waals surface area (Å²) in [4.78, 5) is 23.7. The molecule has 0 fully saturated rings. The Morgan fingerprint density at radius 1 is 1.03 bits per heavy atom. The average Bonchev–Trinajstić information content (AvgIpc) is 2.71. The summed E-state index contributed by atoms with van der Waals surface area (Å²) in [6, 6.07) is 17.3. The zero-order valence-electron chi connectivity index (χ0n) is 15.9. The normalized spacial score (nSPS) is 11.1. The van der Waals surface area contributed by atoms with Gasteiger partial charge in [0.1, 0.15) is 23.0 Å².